The van der Waals surface area contributed by atoms with Crippen molar-refractivity contribution in [3.8, 4) is 0 Å². The molecule has 1 aromatic rings. The molecule has 1 saturated carbocycles. The summed E-state index contributed by atoms with van der Waals surface area (Å²) < 4.78 is 4.91. The topological polar surface area (TPSA) is 81.3 Å². The molecule has 1 heterocycles. The van der Waals surface area contributed by atoms with Gasteiger partial charge in [0.25, 0.3) is 0 Å². The molecule has 0 atom stereocenters. The van der Waals surface area contributed by atoms with Crippen LogP contribution in [0, 0.1) is 0 Å². The van der Waals surface area contributed by atoms with E-state index in [1.807, 2.05) is 19.1 Å². The minimum atomic E-state index is -0.481. The van der Waals surface area contributed by atoms with Gasteiger partial charge in [0.1, 0.15) is 11.6 Å². The lowest BCUT2D eigenvalue weighted by molar-refractivity contribution is 0.0593. The molecule has 0 bridgehead atoms. The van der Waals surface area contributed by atoms with Crippen LogP contribution in [0.2, 0.25) is 0 Å². The van der Waals surface area contributed by atoms with Gasteiger partial charge in [-0.1, -0.05) is 31.4 Å². The van der Waals surface area contributed by atoms with Crippen molar-refractivity contribution in [1.82, 2.24) is 9.97 Å². The summed E-state index contributed by atoms with van der Waals surface area (Å²) in [5.41, 5.74) is 7.37. The van der Waals surface area contributed by atoms with Gasteiger partial charge >= 0.3 is 5.97 Å². The van der Waals surface area contributed by atoms with Gasteiger partial charge in [-0.15, -0.1) is 0 Å². The second-order valence-electron chi connectivity index (χ2n) is 5.99. The summed E-state index contributed by atoms with van der Waals surface area (Å²) in [5, 5.41) is 0. The largest absolute Gasteiger partial charge is 0.464 e. The number of carbonyl (C=O) groups is 1. The summed E-state index contributed by atoms with van der Waals surface area (Å²) in [7, 11) is 1.35. The molecular formula is C20H26N4O2. The fraction of sp³-hybridized carbons (Fsp3) is 0.350. The van der Waals surface area contributed by atoms with E-state index in [-0.39, 0.29) is 5.69 Å². The Morgan fingerprint density at radius 2 is 2.12 bits per heavy atom. The molecule has 0 aliphatic heterocycles. The highest BCUT2D eigenvalue weighted by molar-refractivity contribution is 5.93. The molecule has 138 valence electrons. The number of esters is 1. The highest BCUT2D eigenvalue weighted by atomic mass is 16.5. The third-order valence-corrected chi connectivity index (χ3v) is 4.17. The first kappa shape index (κ1) is 19.4. The molecule has 0 unspecified atom stereocenters. The van der Waals surface area contributed by atoms with E-state index in [2.05, 4.69) is 23.0 Å². The first-order valence-electron chi connectivity index (χ1n) is 8.67. The van der Waals surface area contributed by atoms with Crippen molar-refractivity contribution in [2.45, 2.75) is 25.7 Å². The van der Waals surface area contributed by atoms with E-state index in [1.54, 1.807) is 12.2 Å². The van der Waals surface area contributed by atoms with Gasteiger partial charge in [0.15, 0.2) is 5.69 Å². The molecule has 1 aliphatic rings. The number of allylic oxidation sites excluding steroid dienone is 2. The van der Waals surface area contributed by atoms with Crippen LogP contribution < -0.4 is 10.6 Å². The maximum atomic E-state index is 12.2. The van der Waals surface area contributed by atoms with E-state index in [1.165, 1.54) is 13.3 Å². The summed E-state index contributed by atoms with van der Waals surface area (Å²) in [4.78, 5) is 23.5. The molecule has 26 heavy (non-hydrogen) atoms. The van der Waals surface area contributed by atoms with Crippen molar-refractivity contribution >= 4 is 17.9 Å². The predicted octanol–water partition coefficient (Wildman–Crippen LogP) is 3.19. The van der Waals surface area contributed by atoms with E-state index >= 15 is 0 Å². The van der Waals surface area contributed by atoms with Crippen molar-refractivity contribution in [2.24, 2.45) is 5.73 Å². The number of likely N-dealkylation sites (N-methyl/N-ethyl adjacent to an activating group) is 1. The minimum Gasteiger partial charge on any atom is -0.464 e. The average Bonchev–Trinajstić information content (AvgIpc) is 3.49. The van der Waals surface area contributed by atoms with Gasteiger partial charge in [0.05, 0.1) is 7.11 Å². The van der Waals surface area contributed by atoms with E-state index in [0.29, 0.717) is 36.2 Å². The van der Waals surface area contributed by atoms with Crippen LogP contribution in [0.3, 0.4) is 0 Å². The summed E-state index contributed by atoms with van der Waals surface area (Å²) in [6, 6.07) is 0. The number of hydrogen-bond donors (Lipinski definition) is 1. The molecule has 0 amide bonds. The van der Waals surface area contributed by atoms with E-state index in [0.717, 1.165) is 18.4 Å². The van der Waals surface area contributed by atoms with Crippen LogP contribution in [0.15, 0.2) is 43.2 Å². The van der Waals surface area contributed by atoms with Gasteiger partial charge in [-0.2, -0.15) is 0 Å². The van der Waals surface area contributed by atoms with E-state index in [9.17, 15) is 4.79 Å². The van der Waals surface area contributed by atoms with Crippen molar-refractivity contribution in [3.05, 3.63) is 60.2 Å². The van der Waals surface area contributed by atoms with Crippen LogP contribution in [0.5, 0.6) is 0 Å². The van der Waals surface area contributed by atoms with Crippen molar-refractivity contribution in [3.63, 3.8) is 0 Å². The maximum absolute atomic E-state index is 12.2. The molecule has 2 N–H and O–H groups in total. The fourth-order valence-corrected chi connectivity index (χ4v) is 2.67. The van der Waals surface area contributed by atoms with Crippen LogP contribution in [-0.4, -0.2) is 36.1 Å². The number of nitrogens with zero attached hydrogens (tertiary/aromatic N) is 3. The summed E-state index contributed by atoms with van der Waals surface area (Å²) in [6.07, 6.45) is 10.6. The smallest absolute Gasteiger partial charge is 0.357 e. The normalized spacial score (nSPS) is 14.3. The number of anilines is 1. The van der Waals surface area contributed by atoms with Gasteiger partial charge in [-0.25, -0.2) is 14.8 Å². The lowest BCUT2D eigenvalue weighted by atomic mass is 10.1. The second kappa shape index (κ2) is 8.99. The zero-order valence-corrected chi connectivity index (χ0v) is 15.4. The van der Waals surface area contributed by atoms with Crippen LogP contribution in [0.4, 0.5) is 5.82 Å². The number of aromatic nitrogens is 2. The summed E-state index contributed by atoms with van der Waals surface area (Å²) in [6.45, 7) is 10.9. The van der Waals surface area contributed by atoms with Crippen LogP contribution >= 0.6 is 0 Å². The molecule has 2 rings (SSSR count). The number of nitrogens with two attached hydrogens (primary N) is 1. The summed E-state index contributed by atoms with van der Waals surface area (Å²) >= 11 is 0. The second-order valence-corrected chi connectivity index (χ2v) is 5.99. The SMILES string of the molecule is C=C/C=C(\C=C/N)CN(CC)c1nc(C2CC2)nc(C(=O)OC)c1C=C. The Morgan fingerprint density at radius 3 is 2.62 bits per heavy atom. The Labute approximate surface area is 154 Å². The zero-order chi connectivity index (χ0) is 19.1. The quantitative estimate of drug-likeness (QED) is 0.542. The molecule has 0 saturated heterocycles. The van der Waals surface area contributed by atoms with Gasteiger partial charge in [-0.3, -0.25) is 0 Å². The van der Waals surface area contributed by atoms with Crippen molar-refractivity contribution < 1.29 is 9.53 Å². The van der Waals surface area contributed by atoms with Crippen molar-refractivity contribution in [2.75, 3.05) is 25.1 Å². The number of methoxy groups -OCH3 is 1. The van der Waals surface area contributed by atoms with Gasteiger partial charge in [0, 0.05) is 24.6 Å². The number of ether oxygens (including phenoxy) is 1. The Balaban J connectivity index is 2.54. The van der Waals surface area contributed by atoms with Gasteiger partial charge < -0.3 is 15.4 Å². The van der Waals surface area contributed by atoms with Gasteiger partial charge in [-0.05, 0) is 37.6 Å². The molecule has 6 nitrogen and oxygen atoms in total. The fourth-order valence-electron chi connectivity index (χ4n) is 2.67. The summed E-state index contributed by atoms with van der Waals surface area (Å²) in [5.74, 6) is 1.19. The standard InChI is InChI=1S/C20H26N4O2/c1-5-8-14(11-12-21)13-24(7-3)19-16(6-2)17(20(25)26-4)22-18(23-19)15-9-10-15/h5-6,8,11-12,15H,1-2,7,9-10,13,21H2,3-4H3/b12-11-,14-8+. The Bertz CT molecular complexity index is 748. The van der Waals surface area contributed by atoms with Crippen LogP contribution in [0.1, 0.15) is 47.6 Å². The first-order valence-corrected chi connectivity index (χ1v) is 8.67. The highest BCUT2D eigenvalue weighted by Crippen LogP contribution is 2.39. The third kappa shape index (κ3) is 4.39. The molecule has 1 aliphatic carbocycles. The third-order valence-electron chi connectivity index (χ3n) is 4.17. The van der Waals surface area contributed by atoms with E-state index in [4.69, 9.17) is 15.5 Å². The van der Waals surface area contributed by atoms with Crippen LogP contribution in [-0.2, 0) is 4.74 Å². The van der Waals surface area contributed by atoms with Crippen molar-refractivity contribution in [1.29, 1.82) is 0 Å². The average molecular weight is 354 g/mol. The zero-order valence-electron chi connectivity index (χ0n) is 15.4. The Kier molecular flexibility index (Phi) is 6.72. The monoisotopic (exact) mass is 354 g/mol. The molecule has 0 spiro atoms. The molecule has 1 aromatic heterocycles. The van der Waals surface area contributed by atoms with Crippen LogP contribution in [0.25, 0.3) is 6.08 Å². The Morgan fingerprint density at radius 1 is 1.38 bits per heavy atom. The molecule has 0 radical (unpaired) electrons. The number of hydrogen-bond acceptors (Lipinski definition) is 6. The number of rotatable bonds is 9. The minimum absolute atomic E-state index is 0.261. The Hall–Kier alpha value is -2.89. The van der Waals surface area contributed by atoms with Gasteiger partial charge in [0.2, 0.25) is 0 Å². The first-order chi connectivity index (χ1) is 12.6. The predicted molar refractivity (Wildman–Crippen MR) is 105 cm³/mol. The highest BCUT2D eigenvalue weighted by Gasteiger charge is 2.31. The lowest BCUT2D eigenvalue weighted by Crippen LogP contribution is -2.28. The molecule has 0 aromatic carbocycles. The molecule has 6 heteroatoms. The lowest BCUT2D eigenvalue weighted by Gasteiger charge is -2.25. The van der Waals surface area contributed by atoms with E-state index < -0.39 is 5.97 Å². The number of carbonyl (C=O) groups excluding carboxylic acids is 1. The molecule has 1 fully saturated rings. The molecular weight excluding hydrogens is 328 g/mol. The maximum Gasteiger partial charge on any atom is 0.357 e.